The van der Waals surface area contributed by atoms with Crippen LogP contribution >= 0.6 is 15.9 Å². The van der Waals surface area contributed by atoms with Gasteiger partial charge in [0.1, 0.15) is 0 Å². The van der Waals surface area contributed by atoms with E-state index >= 15 is 0 Å². The Kier molecular flexibility index (Phi) is 4.72. The van der Waals surface area contributed by atoms with E-state index in [1.165, 1.54) is 23.0 Å². The van der Waals surface area contributed by atoms with Crippen LogP contribution in [0.25, 0.3) is 0 Å². The summed E-state index contributed by atoms with van der Waals surface area (Å²) in [6, 6.07) is 2.21. The van der Waals surface area contributed by atoms with Crippen molar-refractivity contribution >= 4 is 15.9 Å². The van der Waals surface area contributed by atoms with E-state index in [0.29, 0.717) is 11.0 Å². The molecule has 1 aromatic heterocycles. The van der Waals surface area contributed by atoms with Crippen molar-refractivity contribution in [1.29, 1.82) is 0 Å². The Balaban J connectivity index is 2.39. The van der Waals surface area contributed by atoms with Crippen LogP contribution in [0.3, 0.4) is 0 Å². The smallest absolute Gasteiger partial charge is 0.313 e. The molecule has 1 heterocycles. The zero-order valence-electron chi connectivity index (χ0n) is 11.4. The second kappa shape index (κ2) is 6.34. The summed E-state index contributed by atoms with van der Waals surface area (Å²) in [4.78, 5) is 15.9. The Bertz CT molecular complexity index is 717. The fourth-order valence-corrected chi connectivity index (χ4v) is 2.15. The predicted octanol–water partition coefficient (Wildman–Crippen LogP) is 3.73. The third kappa shape index (κ3) is 3.66. The zero-order chi connectivity index (χ0) is 15.6. The van der Waals surface area contributed by atoms with Gasteiger partial charge in [-0.2, -0.15) is 4.39 Å². The molecule has 4 nitrogen and oxygen atoms in total. The molecule has 7 heteroatoms. The normalized spacial score (nSPS) is 11.0. The number of ether oxygens (including phenoxy) is 1. The first kappa shape index (κ1) is 15.6. The van der Waals surface area contributed by atoms with Gasteiger partial charge in [-0.25, -0.2) is 9.37 Å². The van der Waals surface area contributed by atoms with Gasteiger partial charge < -0.3 is 9.30 Å². The summed E-state index contributed by atoms with van der Waals surface area (Å²) in [6.07, 6.45) is 2.90. The first-order chi connectivity index (χ1) is 9.88. The van der Waals surface area contributed by atoms with Crippen LogP contribution in [0.15, 0.2) is 33.8 Å². The standard InChI is InChI=1S/C14H13BrF2N2O2/c1-8(2)7-19-4-3-18-13(14(19)20)21-11-6-9(15)5-10(16)12(11)17/h3-6,8H,7H2,1-2H3. The Morgan fingerprint density at radius 2 is 2.10 bits per heavy atom. The van der Waals surface area contributed by atoms with Crippen LogP contribution in [0.4, 0.5) is 8.78 Å². The van der Waals surface area contributed by atoms with Crippen molar-refractivity contribution in [1.82, 2.24) is 9.55 Å². The number of rotatable bonds is 4. The van der Waals surface area contributed by atoms with Gasteiger partial charge in [0.2, 0.25) is 5.82 Å². The third-order valence-corrected chi connectivity index (χ3v) is 3.07. The molecule has 0 radical (unpaired) electrons. The van der Waals surface area contributed by atoms with Gasteiger partial charge in [-0.15, -0.1) is 0 Å². The van der Waals surface area contributed by atoms with E-state index in [0.717, 1.165) is 6.07 Å². The first-order valence-electron chi connectivity index (χ1n) is 6.26. The van der Waals surface area contributed by atoms with E-state index < -0.39 is 22.9 Å². The lowest BCUT2D eigenvalue weighted by Gasteiger charge is -2.11. The SMILES string of the molecule is CC(C)Cn1ccnc(Oc2cc(Br)cc(F)c2F)c1=O. The van der Waals surface area contributed by atoms with Gasteiger partial charge in [-0.1, -0.05) is 29.8 Å². The van der Waals surface area contributed by atoms with Crippen molar-refractivity contribution < 1.29 is 13.5 Å². The monoisotopic (exact) mass is 358 g/mol. The highest BCUT2D eigenvalue weighted by Gasteiger charge is 2.15. The topological polar surface area (TPSA) is 44.1 Å². The quantitative estimate of drug-likeness (QED) is 0.782. The minimum atomic E-state index is -1.17. The van der Waals surface area contributed by atoms with Gasteiger partial charge in [0.15, 0.2) is 11.6 Å². The third-order valence-electron chi connectivity index (χ3n) is 2.61. The number of benzene rings is 1. The molecule has 21 heavy (non-hydrogen) atoms. The van der Waals surface area contributed by atoms with Crippen molar-refractivity contribution in [2.75, 3.05) is 0 Å². The summed E-state index contributed by atoms with van der Waals surface area (Å²) in [6.45, 7) is 4.39. The molecule has 0 N–H and O–H groups in total. The molecule has 112 valence electrons. The van der Waals surface area contributed by atoms with Crippen molar-refractivity contribution in [2.24, 2.45) is 5.92 Å². The molecule has 0 saturated heterocycles. The number of aromatic nitrogens is 2. The Labute approximate surface area is 128 Å². The highest BCUT2D eigenvalue weighted by atomic mass is 79.9. The average Bonchev–Trinajstić information content (AvgIpc) is 2.39. The van der Waals surface area contributed by atoms with Crippen LogP contribution in [0.5, 0.6) is 11.6 Å². The highest BCUT2D eigenvalue weighted by molar-refractivity contribution is 9.10. The molecule has 0 aliphatic heterocycles. The van der Waals surface area contributed by atoms with Gasteiger partial charge in [0, 0.05) is 23.4 Å². The number of halogens is 3. The summed E-state index contributed by atoms with van der Waals surface area (Å²) in [7, 11) is 0. The Morgan fingerprint density at radius 3 is 2.76 bits per heavy atom. The maximum atomic E-state index is 13.7. The van der Waals surface area contributed by atoms with Crippen LogP contribution < -0.4 is 10.3 Å². The van der Waals surface area contributed by atoms with Crippen molar-refractivity contribution in [3.05, 3.63) is 51.0 Å². The molecule has 0 spiro atoms. The lowest BCUT2D eigenvalue weighted by molar-refractivity contribution is 0.391. The van der Waals surface area contributed by atoms with E-state index in [4.69, 9.17) is 4.74 Å². The molecule has 0 atom stereocenters. The van der Waals surface area contributed by atoms with E-state index in [-0.39, 0.29) is 11.8 Å². The lowest BCUT2D eigenvalue weighted by Crippen LogP contribution is -2.23. The minimum absolute atomic E-state index is 0.248. The summed E-state index contributed by atoms with van der Waals surface area (Å²) >= 11 is 3.04. The molecule has 0 unspecified atom stereocenters. The largest absolute Gasteiger partial charge is 0.431 e. The van der Waals surface area contributed by atoms with Gasteiger partial charge in [0.25, 0.3) is 5.88 Å². The molecule has 0 fully saturated rings. The molecule has 2 aromatic rings. The predicted molar refractivity (Wildman–Crippen MR) is 77.5 cm³/mol. The van der Waals surface area contributed by atoms with E-state index in [9.17, 15) is 13.6 Å². The van der Waals surface area contributed by atoms with Gasteiger partial charge in [-0.05, 0) is 18.1 Å². The summed E-state index contributed by atoms with van der Waals surface area (Å²) < 4.78 is 33.8. The molecule has 1 aromatic carbocycles. The summed E-state index contributed by atoms with van der Waals surface area (Å²) in [5, 5.41) is 0. The van der Waals surface area contributed by atoms with Crippen molar-refractivity contribution in [2.45, 2.75) is 20.4 Å². The fourth-order valence-electron chi connectivity index (χ4n) is 1.75. The van der Waals surface area contributed by atoms with Gasteiger partial charge in [-0.3, -0.25) is 4.79 Å². The second-order valence-corrected chi connectivity index (χ2v) is 5.80. The van der Waals surface area contributed by atoms with Crippen LogP contribution in [-0.4, -0.2) is 9.55 Å². The first-order valence-corrected chi connectivity index (χ1v) is 7.05. The molecule has 0 aliphatic rings. The molecule has 0 aliphatic carbocycles. The average molecular weight is 359 g/mol. The molecular weight excluding hydrogens is 346 g/mol. The van der Waals surface area contributed by atoms with E-state index in [1.54, 1.807) is 0 Å². The van der Waals surface area contributed by atoms with E-state index in [1.807, 2.05) is 13.8 Å². The highest BCUT2D eigenvalue weighted by Crippen LogP contribution is 2.27. The second-order valence-electron chi connectivity index (χ2n) is 4.89. The molecule has 0 amide bonds. The maximum absolute atomic E-state index is 13.7. The number of hydrogen-bond donors (Lipinski definition) is 0. The lowest BCUT2D eigenvalue weighted by atomic mass is 10.2. The molecular formula is C14H13BrF2N2O2. The molecule has 2 rings (SSSR count). The van der Waals surface area contributed by atoms with Gasteiger partial charge in [0.05, 0.1) is 0 Å². The van der Waals surface area contributed by atoms with Crippen LogP contribution in [0.1, 0.15) is 13.8 Å². The maximum Gasteiger partial charge on any atom is 0.313 e. The molecule has 0 bridgehead atoms. The zero-order valence-corrected chi connectivity index (χ0v) is 13.0. The fraction of sp³-hybridized carbons (Fsp3) is 0.286. The van der Waals surface area contributed by atoms with E-state index in [2.05, 4.69) is 20.9 Å². The Hall–Kier alpha value is -1.76. The minimum Gasteiger partial charge on any atom is -0.431 e. The van der Waals surface area contributed by atoms with Crippen molar-refractivity contribution in [3.63, 3.8) is 0 Å². The van der Waals surface area contributed by atoms with Gasteiger partial charge >= 0.3 is 5.56 Å². The number of nitrogens with zero attached hydrogens (tertiary/aromatic N) is 2. The van der Waals surface area contributed by atoms with Crippen molar-refractivity contribution in [3.8, 4) is 11.6 Å². The number of hydrogen-bond acceptors (Lipinski definition) is 3. The Morgan fingerprint density at radius 1 is 1.38 bits per heavy atom. The molecule has 0 saturated carbocycles. The van der Waals surface area contributed by atoms with Crippen LogP contribution in [0, 0.1) is 17.6 Å². The van der Waals surface area contributed by atoms with Crippen LogP contribution in [-0.2, 0) is 6.54 Å². The summed E-state index contributed by atoms with van der Waals surface area (Å²) in [5.74, 6) is -2.68. The summed E-state index contributed by atoms with van der Waals surface area (Å²) in [5.41, 5.74) is -0.494. The van der Waals surface area contributed by atoms with Crippen LogP contribution in [0.2, 0.25) is 0 Å².